The van der Waals surface area contributed by atoms with Crippen molar-refractivity contribution in [2.75, 3.05) is 11.5 Å². The predicted molar refractivity (Wildman–Crippen MR) is 103 cm³/mol. The molecule has 0 radical (unpaired) electrons. The van der Waals surface area contributed by atoms with E-state index in [1.807, 2.05) is 6.07 Å². The molecule has 6 heteroatoms. The zero-order chi connectivity index (χ0) is 18.4. The van der Waals surface area contributed by atoms with Crippen LogP contribution >= 0.6 is 0 Å². The molecule has 2 aliphatic rings. The third-order valence-electron chi connectivity index (χ3n) is 5.56. The van der Waals surface area contributed by atoms with E-state index in [0.717, 1.165) is 18.6 Å². The minimum absolute atomic E-state index is 0.0882. The van der Waals surface area contributed by atoms with Gasteiger partial charge in [0.25, 0.3) is 0 Å². The molecule has 3 atom stereocenters. The molecule has 3 unspecified atom stereocenters. The molecule has 5 rings (SSSR count). The van der Waals surface area contributed by atoms with Crippen LogP contribution < -0.4 is 20.9 Å². The van der Waals surface area contributed by atoms with Gasteiger partial charge in [0.05, 0.1) is 23.8 Å². The van der Waals surface area contributed by atoms with Gasteiger partial charge < -0.3 is 20.9 Å². The Labute approximate surface area is 157 Å². The van der Waals surface area contributed by atoms with E-state index in [0.29, 0.717) is 34.7 Å². The Kier molecular flexibility index (Phi) is 3.63. The highest BCUT2D eigenvalue weighted by Crippen LogP contribution is 2.55. The van der Waals surface area contributed by atoms with Gasteiger partial charge in [0, 0.05) is 24.2 Å². The van der Waals surface area contributed by atoms with E-state index in [1.54, 1.807) is 36.9 Å². The van der Waals surface area contributed by atoms with E-state index in [2.05, 4.69) is 22.1 Å². The number of anilines is 2. The number of nitrogens with zero attached hydrogens (tertiary/aromatic N) is 2. The van der Waals surface area contributed by atoms with Gasteiger partial charge in [0.1, 0.15) is 11.9 Å². The third-order valence-corrected chi connectivity index (χ3v) is 5.56. The number of hydrogen-bond acceptors (Lipinski definition) is 6. The summed E-state index contributed by atoms with van der Waals surface area (Å²) in [6.07, 6.45) is 8.96. The number of benzene rings is 1. The lowest BCUT2D eigenvalue weighted by Gasteiger charge is -2.19. The summed E-state index contributed by atoms with van der Waals surface area (Å²) in [5.74, 6) is 2.70. The van der Waals surface area contributed by atoms with E-state index in [9.17, 15) is 0 Å². The van der Waals surface area contributed by atoms with Gasteiger partial charge in [-0.1, -0.05) is 6.07 Å². The van der Waals surface area contributed by atoms with Gasteiger partial charge in [0.15, 0.2) is 11.5 Å². The Bertz CT molecular complexity index is 1010. The smallest absolute Gasteiger partial charge is 0.168 e. The van der Waals surface area contributed by atoms with Crippen LogP contribution in [0, 0.1) is 0 Å². The molecule has 1 saturated carbocycles. The molecule has 2 bridgehead atoms. The van der Waals surface area contributed by atoms with Gasteiger partial charge in [-0.25, -0.2) is 0 Å². The van der Waals surface area contributed by atoms with Crippen LogP contribution in [-0.4, -0.2) is 16.1 Å². The second kappa shape index (κ2) is 6.16. The van der Waals surface area contributed by atoms with Crippen LogP contribution in [0.4, 0.5) is 11.4 Å². The van der Waals surface area contributed by atoms with Crippen LogP contribution in [0.15, 0.2) is 55.1 Å². The number of pyridine rings is 2. The molecule has 0 aliphatic heterocycles. The average Bonchev–Trinajstić information content (AvgIpc) is 3.21. The normalized spacial score (nSPS) is 22.4. The Balaban J connectivity index is 1.42. The zero-order valence-electron chi connectivity index (χ0n) is 14.7. The lowest BCUT2D eigenvalue weighted by atomic mass is 9.92. The van der Waals surface area contributed by atoms with Crippen LogP contribution in [0.2, 0.25) is 0 Å². The van der Waals surface area contributed by atoms with Gasteiger partial charge in [0.2, 0.25) is 0 Å². The highest BCUT2D eigenvalue weighted by atomic mass is 16.5. The lowest BCUT2D eigenvalue weighted by Crippen LogP contribution is -2.20. The first kappa shape index (κ1) is 15.9. The molecule has 1 fully saturated rings. The summed E-state index contributed by atoms with van der Waals surface area (Å²) >= 11 is 0. The molecule has 2 aromatic heterocycles. The fourth-order valence-electron chi connectivity index (χ4n) is 4.31. The second-order valence-corrected chi connectivity index (χ2v) is 7.09. The molecule has 0 saturated heterocycles. The van der Waals surface area contributed by atoms with Crippen molar-refractivity contribution in [3.63, 3.8) is 0 Å². The molecule has 3 aromatic rings. The maximum absolute atomic E-state index is 6.29. The molecular weight excluding hydrogens is 340 g/mol. The molecule has 1 aromatic carbocycles. The van der Waals surface area contributed by atoms with Gasteiger partial charge >= 0.3 is 0 Å². The molecule has 4 N–H and O–H groups in total. The number of ether oxygens (including phenoxy) is 2. The van der Waals surface area contributed by atoms with Crippen molar-refractivity contribution in [3.05, 3.63) is 66.2 Å². The number of nitrogens with two attached hydrogens (primary N) is 2. The highest BCUT2D eigenvalue weighted by Gasteiger charge is 2.47. The average molecular weight is 360 g/mol. The molecule has 0 amide bonds. The van der Waals surface area contributed by atoms with Crippen molar-refractivity contribution in [1.82, 2.24) is 9.97 Å². The van der Waals surface area contributed by atoms with Crippen molar-refractivity contribution in [2.45, 2.75) is 30.8 Å². The largest absolute Gasteiger partial charge is 0.485 e. The van der Waals surface area contributed by atoms with Gasteiger partial charge in [-0.05, 0) is 48.2 Å². The quantitative estimate of drug-likeness (QED) is 0.733. The SMILES string of the molecule is Nc1ccncc1Oc1ccc2c(c1)C1CCC2C1Oc1cnccc1N. The molecule has 136 valence electrons. The first-order valence-electron chi connectivity index (χ1n) is 9.08. The Morgan fingerprint density at radius 2 is 1.48 bits per heavy atom. The number of rotatable bonds is 4. The Morgan fingerprint density at radius 1 is 0.815 bits per heavy atom. The van der Waals surface area contributed by atoms with E-state index >= 15 is 0 Å². The summed E-state index contributed by atoms with van der Waals surface area (Å²) in [6.45, 7) is 0. The highest BCUT2D eigenvalue weighted by molar-refractivity contribution is 5.55. The van der Waals surface area contributed by atoms with E-state index in [-0.39, 0.29) is 6.10 Å². The van der Waals surface area contributed by atoms with E-state index in [4.69, 9.17) is 20.9 Å². The Morgan fingerprint density at radius 3 is 2.19 bits per heavy atom. The first-order valence-corrected chi connectivity index (χ1v) is 9.08. The standard InChI is InChI=1S/C21H20N4O2/c22-17-5-7-24-10-19(17)26-12-1-2-13-14-3-4-15(16(13)9-12)21(14)27-20-11-25-8-6-18(20)23/h1-2,5-11,14-15,21H,3-4H2,(H2,22,24)(H2,23,25). The van der Waals surface area contributed by atoms with Crippen molar-refractivity contribution in [2.24, 2.45) is 0 Å². The zero-order valence-corrected chi connectivity index (χ0v) is 14.7. The summed E-state index contributed by atoms with van der Waals surface area (Å²) < 4.78 is 12.3. The van der Waals surface area contributed by atoms with E-state index in [1.165, 1.54) is 11.1 Å². The topological polar surface area (TPSA) is 96.3 Å². The first-order chi connectivity index (χ1) is 13.2. The maximum atomic E-state index is 6.29. The van der Waals surface area contributed by atoms with Crippen LogP contribution in [0.3, 0.4) is 0 Å². The van der Waals surface area contributed by atoms with Gasteiger partial charge in [-0.15, -0.1) is 0 Å². The number of hydrogen-bond donors (Lipinski definition) is 2. The van der Waals surface area contributed by atoms with Crippen molar-refractivity contribution in [1.29, 1.82) is 0 Å². The van der Waals surface area contributed by atoms with Crippen molar-refractivity contribution in [3.8, 4) is 17.2 Å². The van der Waals surface area contributed by atoms with Crippen LogP contribution in [0.5, 0.6) is 17.2 Å². The summed E-state index contributed by atoms with van der Waals surface area (Å²) in [6, 6.07) is 9.73. The number of nitrogen functional groups attached to an aromatic ring is 2. The third kappa shape index (κ3) is 2.65. The summed E-state index contributed by atoms with van der Waals surface area (Å²) in [5, 5.41) is 0. The second-order valence-electron chi connectivity index (χ2n) is 7.09. The molecular formula is C21H20N4O2. The molecule has 6 nitrogen and oxygen atoms in total. The number of fused-ring (bicyclic) bond motifs is 5. The van der Waals surface area contributed by atoms with Gasteiger partial charge in [-0.2, -0.15) is 0 Å². The van der Waals surface area contributed by atoms with Crippen LogP contribution in [-0.2, 0) is 0 Å². The summed E-state index contributed by atoms with van der Waals surface area (Å²) in [7, 11) is 0. The molecule has 27 heavy (non-hydrogen) atoms. The minimum Gasteiger partial charge on any atom is -0.485 e. The van der Waals surface area contributed by atoms with E-state index < -0.39 is 0 Å². The van der Waals surface area contributed by atoms with Crippen LogP contribution in [0.1, 0.15) is 35.8 Å². The summed E-state index contributed by atoms with van der Waals surface area (Å²) in [4.78, 5) is 8.21. The molecule has 2 heterocycles. The molecule has 0 spiro atoms. The number of aromatic nitrogens is 2. The van der Waals surface area contributed by atoms with Crippen molar-refractivity contribution >= 4 is 11.4 Å². The van der Waals surface area contributed by atoms with Crippen LogP contribution in [0.25, 0.3) is 0 Å². The fraction of sp³-hybridized carbons (Fsp3) is 0.238. The predicted octanol–water partition coefficient (Wildman–Crippen LogP) is 3.86. The monoisotopic (exact) mass is 360 g/mol. The fourth-order valence-corrected chi connectivity index (χ4v) is 4.31. The molecule has 2 aliphatic carbocycles. The summed E-state index contributed by atoms with van der Waals surface area (Å²) in [5.41, 5.74) is 15.8. The minimum atomic E-state index is 0.0882. The van der Waals surface area contributed by atoms with Gasteiger partial charge in [-0.3, -0.25) is 9.97 Å². The Hall–Kier alpha value is -3.28. The maximum Gasteiger partial charge on any atom is 0.168 e. The lowest BCUT2D eigenvalue weighted by molar-refractivity contribution is 0.187. The van der Waals surface area contributed by atoms with Crippen molar-refractivity contribution < 1.29 is 9.47 Å².